The van der Waals surface area contributed by atoms with Crippen molar-refractivity contribution < 1.29 is 13.9 Å². The molecule has 0 aliphatic heterocycles. The molecule has 0 aliphatic rings. The van der Waals surface area contributed by atoms with E-state index in [2.05, 4.69) is 10.3 Å². The summed E-state index contributed by atoms with van der Waals surface area (Å²) in [6, 6.07) is 9.54. The number of hydrogen-bond acceptors (Lipinski definition) is 5. The van der Waals surface area contributed by atoms with Gasteiger partial charge in [-0.25, -0.2) is 9.78 Å². The summed E-state index contributed by atoms with van der Waals surface area (Å²) in [5, 5.41) is 3.56. The van der Waals surface area contributed by atoms with Gasteiger partial charge < -0.3 is 20.2 Å². The highest BCUT2D eigenvalue weighted by Crippen LogP contribution is 2.27. The molecule has 0 bridgehead atoms. The molecule has 24 heavy (non-hydrogen) atoms. The summed E-state index contributed by atoms with van der Waals surface area (Å²) in [4.78, 5) is 15.9. The number of carbonyl (C=O) groups is 1. The molecule has 0 saturated carbocycles. The number of nitrogens with two attached hydrogens (primary N) is 1. The molecule has 3 aromatic rings. The quantitative estimate of drug-likeness (QED) is 0.752. The van der Waals surface area contributed by atoms with Gasteiger partial charge in [-0.1, -0.05) is 30.3 Å². The van der Waals surface area contributed by atoms with Crippen LogP contribution >= 0.6 is 0 Å². The molecule has 2 heterocycles. The predicted octanol–water partition coefficient (Wildman–Crippen LogP) is 3.19. The number of fused-ring (bicyclic) bond motifs is 1. The fourth-order valence-electron chi connectivity index (χ4n) is 2.52. The van der Waals surface area contributed by atoms with Crippen molar-refractivity contribution in [2.45, 2.75) is 20.0 Å². The lowest BCUT2D eigenvalue weighted by atomic mass is 10.1. The number of anilines is 1. The number of nitrogens with one attached hydrogen (secondary N) is 1. The van der Waals surface area contributed by atoms with Crippen LogP contribution in [-0.4, -0.2) is 17.6 Å². The van der Waals surface area contributed by atoms with E-state index >= 15 is 0 Å². The molecule has 3 rings (SSSR count). The van der Waals surface area contributed by atoms with Crippen LogP contribution in [-0.2, 0) is 17.8 Å². The molecule has 6 nitrogen and oxygen atoms in total. The van der Waals surface area contributed by atoms with Crippen molar-refractivity contribution in [1.82, 2.24) is 10.3 Å². The Morgan fingerprint density at radius 1 is 1.33 bits per heavy atom. The summed E-state index contributed by atoms with van der Waals surface area (Å²) >= 11 is 0. The van der Waals surface area contributed by atoms with Gasteiger partial charge in [0.15, 0.2) is 0 Å². The largest absolute Gasteiger partial charge is 0.464 e. The molecule has 0 saturated heterocycles. The Kier molecular flexibility index (Phi) is 4.65. The van der Waals surface area contributed by atoms with Crippen LogP contribution in [0.4, 0.5) is 10.6 Å². The van der Waals surface area contributed by atoms with E-state index in [1.165, 1.54) is 0 Å². The highest BCUT2D eigenvalue weighted by molar-refractivity contribution is 5.92. The Labute approximate surface area is 139 Å². The summed E-state index contributed by atoms with van der Waals surface area (Å²) in [6.45, 7) is 2.60. The van der Waals surface area contributed by atoms with Crippen molar-refractivity contribution in [2.24, 2.45) is 0 Å². The summed E-state index contributed by atoms with van der Waals surface area (Å²) in [6.07, 6.45) is 3.47. The lowest BCUT2D eigenvalue weighted by Crippen LogP contribution is -2.26. The Morgan fingerprint density at radius 2 is 2.12 bits per heavy atom. The Hall–Kier alpha value is -3.02. The van der Waals surface area contributed by atoms with Crippen LogP contribution in [0.15, 0.2) is 47.2 Å². The number of aromatic nitrogens is 1. The van der Waals surface area contributed by atoms with E-state index in [1.54, 1.807) is 12.5 Å². The number of pyridine rings is 1. The van der Waals surface area contributed by atoms with Gasteiger partial charge in [0.2, 0.25) is 0 Å². The summed E-state index contributed by atoms with van der Waals surface area (Å²) in [7, 11) is 0. The first-order valence-electron chi connectivity index (χ1n) is 7.71. The normalized spacial score (nSPS) is 10.7. The number of carbonyl (C=O) groups excluding carboxylic acids is 1. The molecule has 0 atom stereocenters. The van der Waals surface area contributed by atoms with E-state index in [-0.39, 0.29) is 6.61 Å². The predicted molar refractivity (Wildman–Crippen MR) is 91.5 cm³/mol. The molecule has 124 valence electrons. The van der Waals surface area contributed by atoms with Crippen LogP contribution in [0.1, 0.15) is 16.7 Å². The van der Waals surface area contributed by atoms with Crippen molar-refractivity contribution in [1.29, 1.82) is 0 Å². The number of nitrogens with zero attached hydrogens (tertiary/aromatic N) is 1. The van der Waals surface area contributed by atoms with E-state index in [4.69, 9.17) is 14.9 Å². The number of ether oxygens (including phenoxy) is 1. The molecule has 2 aromatic heterocycles. The fourth-order valence-corrected chi connectivity index (χ4v) is 2.52. The van der Waals surface area contributed by atoms with Crippen LogP contribution in [0, 0.1) is 6.92 Å². The Balaban J connectivity index is 1.53. The first-order valence-corrected chi connectivity index (χ1v) is 7.71. The second kappa shape index (κ2) is 7.04. The average molecular weight is 325 g/mol. The van der Waals surface area contributed by atoms with Gasteiger partial charge in [-0.3, -0.25) is 0 Å². The average Bonchev–Trinajstić information content (AvgIpc) is 2.99. The molecule has 3 N–H and O–H groups in total. The van der Waals surface area contributed by atoms with Gasteiger partial charge in [0.25, 0.3) is 0 Å². The number of alkyl carbamates (subject to hydrolysis) is 1. The van der Waals surface area contributed by atoms with Crippen molar-refractivity contribution in [2.75, 3.05) is 12.3 Å². The van der Waals surface area contributed by atoms with Crippen molar-refractivity contribution in [3.63, 3.8) is 0 Å². The van der Waals surface area contributed by atoms with E-state index in [0.717, 1.165) is 27.7 Å². The highest BCUT2D eigenvalue weighted by Gasteiger charge is 2.12. The van der Waals surface area contributed by atoms with Gasteiger partial charge in [-0.15, -0.1) is 0 Å². The number of amides is 1. The molecular formula is C18H19N3O3. The summed E-state index contributed by atoms with van der Waals surface area (Å²) < 4.78 is 10.7. The maximum absolute atomic E-state index is 11.7. The molecule has 0 fully saturated rings. The first-order chi connectivity index (χ1) is 11.6. The lowest BCUT2D eigenvalue weighted by Gasteiger charge is -2.08. The standard InChI is InChI=1S/C18H19N3O3/c1-12-10-23-16-14(9-21-17(19)15(12)16)7-8-20-18(22)24-11-13-5-3-2-4-6-13/h2-6,9-10H,7-8,11H2,1H3,(H2,19,21)(H,20,22). The molecule has 6 heteroatoms. The topological polar surface area (TPSA) is 90.4 Å². The monoisotopic (exact) mass is 325 g/mol. The number of hydrogen-bond donors (Lipinski definition) is 2. The molecular weight excluding hydrogens is 306 g/mol. The third-order valence-corrected chi connectivity index (χ3v) is 3.76. The fraction of sp³-hybridized carbons (Fsp3) is 0.222. The summed E-state index contributed by atoms with van der Waals surface area (Å²) in [5.41, 5.74) is 9.40. The minimum absolute atomic E-state index is 0.248. The maximum atomic E-state index is 11.7. The molecule has 0 unspecified atom stereocenters. The summed E-state index contributed by atoms with van der Waals surface area (Å²) in [5.74, 6) is 0.454. The van der Waals surface area contributed by atoms with Crippen molar-refractivity contribution in [3.05, 3.63) is 59.5 Å². The second-order valence-corrected chi connectivity index (χ2v) is 5.53. The van der Waals surface area contributed by atoms with E-state index in [9.17, 15) is 4.79 Å². The molecule has 0 aliphatic carbocycles. The SMILES string of the molecule is Cc1coc2c(CCNC(=O)OCc3ccccc3)cnc(N)c12. The molecule has 1 aromatic carbocycles. The molecule has 1 amide bonds. The van der Waals surface area contributed by atoms with Crippen molar-refractivity contribution >= 4 is 22.9 Å². The van der Waals surface area contributed by atoms with Gasteiger partial charge >= 0.3 is 6.09 Å². The maximum Gasteiger partial charge on any atom is 0.407 e. The van der Waals surface area contributed by atoms with Gasteiger partial charge in [0.05, 0.1) is 11.6 Å². The smallest absolute Gasteiger partial charge is 0.407 e. The Morgan fingerprint density at radius 3 is 2.92 bits per heavy atom. The van der Waals surface area contributed by atoms with Crippen LogP contribution in [0.2, 0.25) is 0 Å². The van der Waals surface area contributed by atoms with E-state index in [1.807, 2.05) is 37.3 Å². The third-order valence-electron chi connectivity index (χ3n) is 3.76. The van der Waals surface area contributed by atoms with Gasteiger partial charge in [0.1, 0.15) is 18.0 Å². The third kappa shape index (κ3) is 3.48. The van der Waals surface area contributed by atoms with Crippen LogP contribution in [0.25, 0.3) is 11.0 Å². The molecule has 0 radical (unpaired) electrons. The van der Waals surface area contributed by atoms with E-state index in [0.29, 0.717) is 18.8 Å². The molecule has 0 spiro atoms. The zero-order valence-electron chi connectivity index (χ0n) is 13.4. The lowest BCUT2D eigenvalue weighted by molar-refractivity contribution is 0.140. The minimum atomic E-state index is -0.450. The van der Waals surface area contributed by atoms with Crippen molar-refractivity contribution in [3.8, 4) is 0 Å². The van der Waals surface area contributed by atoms with Crippen LogP contribution in [0.5, 0.6) is 0 Å². The number of aryl methyl sites for hydroxylation is 1. The van der Waals surface area contributed by atoms with Crippen LogP contribution in [0.3, 0.4) is 0 Å². The minimum Gasteiger partial charge on any atom is -0.464 e. The first kappa shape index (κ1) is 15.9. The van der Waals surface area contributed by atoms with E-state index < -0.39 is 6.09 Å². The number of furan rings is 1. The number of rotatable bonds is 5. The van der Waals surface area contributed by atoms with Gasteiger partial charge in [-0.2, -0.15) is 0 Å². The highest BCUT2D eigenvalue weighted by atomic mass is 16.5. The Bertz CT molecular complexity index is 843. The number of nitrogen functional groups attached to an aromatic ring is 1. The number of benzene rings is 1. The van der Waals surface area contributed by atoms with Gasteiger partial charge in [0, 0.05) is 18.3 Å². The zero-order chi connectivity index (χ0) is 16.9. The van der Waals surface area contributed by atoms with Crippen LogP contribution < -0.4 is 11.1 Å². The second-order valence-electron chi connectivity index (χ2n) is 5.53. The zero-order valence-corrected chi connectivity index (χ0v) is 13.4. The van der Waals surface area contributed by atoms with Gasteiger partial charge in [-0.05, 0) is 24.5 Å².